The zero-order valence-corrected chi connectivity index (χ0v) is 13.5. The molecule has 1 heterocycles. The molecule has 0 spiro atoms. The first kappa shape index (κ1) is 14.6. The van der Waals surface area contributed by atoms with E-state index in [2.05, 4.69) is 15.9 Å². The largest absolute Gasteiger partial charge is 0.497 e. The number of hydrogen-bond acceptors (Lipinski definition) is 3. The Morgan fingerprint density at radius 1 is 1.14 bits per heavy atom. The van der Waals surface area contributed by atoms with Gasteiger partial charge in [-0.1, -0.05) is 28.1 Å². The fourth-order valence-electron chi connectivity index (χ4n) is 2.16. The third-order valence-corrected chi connectivity index (χ3v) is 3.76. The number of esters is 1. The Labute approximate surface area is 137 Å². The van der Waals surface area contributed by atoms with Crippen molar-refractivity contribution in [3.8, 4) is 5.75 Å². The van der Waals surface area contributed by atoms with Crippen molar-refractivity contribution >= 4 is 33.7 Å². The van der Waals surface area contributed by atoms with Crippen molar-refractivity contribution in [1.82, 2.24) is 0 Å². The van der Waals surface area contributed by atoms with Gasteiger partial charge in [0.1, 0.15) is 11.5 Å². The quantitative estimate of drug-likeness (QED) is 0.602. The summed E-state index contributed by atoms with van der Waals surface area (Å²) in [5.74, 6) is 0.971. The Hall–Kier alpha value is -2.33. The molecular weight excluding hydrogens is 344 g/mol. The number of hydrogen-bond donors (Lipinski definition) is 0. The Morgan fingerprint density at radius 2 is 1.91 bits per heavy atom. The van der Waals surface area contributed by atoms with Crippen molar-refractivity contribution in [3.63, 3.8) is 0 Å². The summed E-state index contributed by atoms with van der Waals surface area (Å²) >= 11 is 3.42. The van der Waals surface area contributed by atoms with Crippen LogP contribution in [-0.2, 0) is 9.53 Å². The number of halogens is 1. The van der Waals surface area contributed by atoms with Crippen molar-refractivity contribution < 1.29 is 14.3 Å². The second-order valence-electron chi connectivity index (χ2n) is 4.78. The van der Waals surface area contributed by atoms with Gasteiger partial charge in [0.25, 0.3) is 0 Å². The van der Waals surface area contributed by atoms with E-state index in [0.717, 1.165) is 21.3 Å². The molecule has 0 amide bonds. The molecule has 0 bridgehead atoms. The summed E-state index contributed by atoms with van der Waals surface area (Å²) < 4.78 is 11.4. The van der Waals surface area contributed by atoms with E-state index in [9.17, 15) is 4.79 Å². The van der Waals surface area contributed by atoms with E-state index in [1.54, 1.807) is 13.2 Å². The number of benzene rings is 2. The molecule has 0 saturated heterocycles. The highest BCUT2D eigenvalue weighted by Crippen LogP contribution is 2.28. The summed E-state index contributed by atoms with van der Waals surface area (Å²) in [5.41, 5.74) is 2.31. The average molecular weight is 357 g/mol. The highest BCUT2D eigenvalue weighted by molar-refractivity contribution is 9.10. The van der Waals surface area contributed by atoms with Crippen molar-refractivity contribution in [2.24, 2.45) is 0 Å². The number of methoxy groups -OCH3 is 1. The van der Waals surface area contributed by atoms with Crippen LogP contribution in [-0.4, -0.2) is 13.1 Å². The number of rotatable bonds is 3. The van der Waals surface area contributed by atoms with Crippen LogP contribution in [0.15, 0.2) is 64.7 Å². The van der Waals surface area contributed by atoms with Gasteiger partial charge in [0.05, 0.1) is 12.7 Å². The molecule has 0 saturated carbocycles. The van der Waals surface area contributed by atoms with Gasteiger partial charge in [-0.05, 0) is 54.1 Å². The molecule has 0 N–H and O–H groups in total. The summed E-state index contributed by atoms with van der Waals surface area (Å²) in [6.45, 7) is 0. The first-order valence-corrected chi connectivity index (χ1v) is 7.50. The zero-order chi connectivity index (χ0) is 15.5. The van der Waals surface area contributed by atoms with E-state index < -0.39 is 0 Å². The Kier molecular flexibility index (Phi) is 4.11. The molecule has 0 fully saturated rings. The molecule has 0 radical (unpaired) electrons. The monoisotopic (exact) mass is 356 g/mol. The minimum Gasteiger partial charge on any atom is -0.497 e. The SMILES string of the molecule is COc1ccc(C2=C/C(=C\c3cccc(Br)c3)C(=O)O2)cc1. The van der Waals surface area contributed by atoms with Crippen LogP contribution in [0, 0.1) is 0 Å². The van der Waals surface area contributed by atoms with Crippen LogP contribution in [0.5, 0.6) is 5.75 Å². The van der Waals surface area contributed by atoms with E-state index in [0.29, 0.717) is 11.3 Å². The Bertz CT molecular complexity index is 773. The van der Waals surface area contributed by atoms with Crippen LogP contribution in [0.1, 0.15) is 11.1 Å². The normalized spacial score (nSPS) is 15.6. The van der Waals surface area contributed by atoms with E-state index in [4.69, 9.17) is 9.47 Å². The van der Waals surface area contributed by atoms with Gasteiger partial charge in [-0.15, -0.1) is 0 Å². The number of ether oxygens (including phenoxy) is 2. The molecule has 2 aromatic carbocycles. The molecule has 0 unspecified atom stereocenters. The zero-order valence-electron chi connectivity index (χ0n) is 11.9. The fraction of sp³-hybridized carbons (Fsp3) is 0.0556. The Balaban J connectivity index is 1.90. The molecule has 2 aromatic rings. The van der Waals surface area contributed by atoms with Crippen LogP contribution < -0.4 is 4.74 Å². The molecule has 0 aliphatic carbocycles. The summed E-state index contributed by atoms with van der Waals surface area (Å²) in [5, 5.41) is 0. The average Bonchev–Trinajstić information content (AvgIpc) is 2.88. The highest BCUT2D eigenvalue weighted by atomic mass is 79.9. The standard InChI is InChI=1S/C18H13BrO3/c1-21-16-7-5-13(6-8-16)17-11-14(18(20)22-17)9-12-3-2-4-15(19)10-12/h2-11H,1H3/b14-9+. The molecule has 4 heteroatoms. The molecule has 1 aliphatic heterocycles. The van der Waals surface area contributed by atoms with Crippen molar-refractivity contribution in [2.45, 2.75) is 0 Å². The topological polar surface area (TPSA) is 35.5 Å². The van der Waals surface area contributed by atoms with E-state index in [1.165, 1.54) is 0 Å². The second-order valence-corrected chi connectivity index (χ2v) is 5.70. The van der Waals surface area contributed by atoms with Crippen LogP contribution in [0.4, 0.5) is 0 Å². The third-order valence-electron chi connectivity index (χ3n) is 3.27. The summed E-state index contributed by atoms with van der Waals surface area (Å²) in [7, 11) is 1.61. The predicted octanol–water partition coefficient (Wildman–Crippen LogP) is 4.44. The number of carbonyl (C=O) groups excluding carboxylic acids is 1. The molecule has 0 atom stereocenters. The molecule has 3 nitrogen and oxygen atoms in total. The van der Waals surface area contributed by atoms with Crippen molar-refractivity contribution in [2.75, 3.05) is 7.11 Å². The molecule has 22 heavy (non-hydrogen) atoms. The highest BCUT2D eigenvalue weighted by Gasteiger charge is 2.21. The van der Waals surface area contributed by atoms with E-state index in [-0.39, 0.29) is 5.97 Å². The van der Waals surface area contributed by atoms with E-state index >= 15 is 0 Å². The number of carbonyl (C=O) groups is 1. The van der Waals surface area contributed by atoms with Crippen LogP contribution >= 0.6 is 15.9 Å². The van der Waals surface area contributed by atoms with Crippen LogP contribution in [0.3, 0.4) is 0 Å². The van der Waals surface area contributed by atoms with Gasteiger partial charge in [-0.2, -0.15) is 0 Å². The van der Waals surface area contributed by atoms with Gasteiger partial charge in [0.15, 0.2) is 0 Å². The molecule has 3 rings (SSSR count). The van der Waals surface area contributed by atoms with Gasteiger partial charge >= 0.3 is 5.97 Å². The lowest BCUT2D eigenvalue weighted by Crippen LogP contribution is -1.97. The summed E-state index contributed by atoms with van der Waals surface area (Å²) in [4.78, 5) is 12.0. The fourth-order valence-corrected chi connectivity index (χ4v) is 2.58. The van der Waals surface area contributed by atoms with Crippen LogP contribution in [0.2, 0.25) is 0 Å². The van der Waals surface area contributed by atoms with Crippen molar-refractivity contribution in [1.29, 1.82) is 0 Å². The maximum absolute atomic E-state index is 12.0. The summed E-state index contributed by atoms with van der Waals surface area (Å²) in [6, 6.07) is 15.1. The minimum absolute atomic E-state index is 0.342. The maximum Gasteiger partial charge on any atom is 0.343 e. The predicted molar refractivity (Wildman–Crippen MR) is 89.2 cm³/mol. The number of cyclic esters (lactones) is 1. The summed E-state index contributed by atoms with van der Waals surface area (Å²) in [6.07, 6.45) is 3.56. The third kappa shape index (κ3) is 3.12. The second kappa shape index (κ2) is 6.20. The first-order valence-electron chi connectivity index (χ1n) is 6.71. The molecular formula is C18H13BrO3. The lowest BCUT2D eigenvalue weighted by molar-refractivity contribution is -0.130. The van der Waals surface area contributed by atoms with Crippen molar-refractivity contribution in [3.05, 3.63) is 75.8 Å². The minimum atomic E-state index is -0.342. The molecule has 1 aliphatic rings. The first-order chi connectivity index (χ1) is 10.7. The smallest absolute Gasteiger partial charge is 0.343 e. The van der Waals surface area contributed by atoms with Gasteiger partial charge in [-0.25, -0.2) is 4.79 Å². The molecule has 0 aromatic heterocycles. The van der Waals surface area contributed by atoms with Crippen LogP contribution in [0.25, 0.3) is 11.8 Å². The van der Waals surface area contributed by atoms with Gasteiger partial charge in [0, 0.05) is 10.0 Å². The Morgan fingerprint density at radius 3 is 2.59 bits per heavy atom. The molecule has 110 valence electrons. The van der Waals surface area contributed by atoms with Gasteiger partial charge in [0.2, 0.25) is 0 Å². The van der Waals surface area contributed by atoms with E-state index in [1.807, 2.05) is 54.6 Å². The van der Waals surface area contributed by atoms with Gasteiger partial charge < -0.3 is 9.47 Å². The van der Waals surface area contributed by atoms with Gasteiger partial charge in [-0.3, -0.25) is 0 Å². The lowest BCUT2D eigenvalue weighted by atomic mass is 10.1. The lowest BCUT2D eigenvalue weighted by Gasteiger charge is -2.03. The maximum atomic E-state index is 12.0.